The average Bonchev–Trinajstić information content (AvgIpc) is 3.98. The minimum atomic E-state index is -4.21. The summed E-state index contributed by atoms with van der Waals surface area (Å²) in [6.07, 6.45) is 12.6. The SMILES string of the molecule is O=C(CCCC[C@@H]1SC[C@@H]2NC(=O)C[C@@H]21)NCCCn1cc(CCC(=O)Nc2cccc(S(=O)(=O)NC(=O)Nc3c4c(cc5c3CCC5)CCC4)c2)nn1. The zero-order chi connectivity index (χ0) is 37.7. The van der Waals surface area contributed by atoms with Crippen LogP contribution in [0.1, 0.15) is 85.7 Å². The third-order valence-corrected chi connectivity index (χ3v) is 13.7. The molecule has 288 valence electrons. The predicted octanol–water partition coefficient (Wildman–Crippen LogP) is 4.02. The number of unbranched alkanes of at least 4 members (excludes halogenated alkanes) is 1. The molecule has 2 fully saturated rings. The van der Waals surface area contributed by atoms with Gasteiger partial charge in [-0.2, -0.15) is 11.8 Å². The van der Waals surface area contributed by atoms with Crippen molar-refractivity contribution in [3.8, 4) is 0 Å². The van der Waals surface area contributed by atoms with Gasteiger partial charge in [-0.3, -0.25) is 19.1 Å². The number of fused-ring (bicyclic) bond motifs is 3. The van der Waals surface area contributed by atoms with Gasteiger partial charge in [0.2, 0.25) is 17.7 Å². The van der Waals surface area contributed by atoms with Crippen LogP contribution in [0.3, 0.4) is 0 Å². The molecule has 4 aliphatic rings. The highest BCUT2D eigenvalue weighted by atomic mass is 32.2. The van der Waals surface area contributed by atoms with Gasteiger partial charge in [-0.05, 0) is 98.2 Å². The maximum Gasteiger partial charge on any atom is 0.333 e. The summed E-state index contributed by atoms with van der Waals surface area (Å²) < 4.78 is 30.2. The Kier molecular flexibility index (Phi) is 11.9. The van der Waals surface area contributed by atoms with Crippen molar-refractivity contribution in [2.45, 2.75) is 113 Å². The number of nitrogens with one attached hydrogen (secondary N) is 5. The van der Waals surface area contributed by atoms with E-state index in [4.69, 9.17) is 0 Å². The smallest absolute Gasteiger partial charge is 0.333 e. The molecule has 2 aliphatic carbocycles. The van der Waals surface area contributed by atoms with Crippen molar-refractivity contribution in [3.63, 3.8) is 0 Å². The lowest BCUT2D eigenvalue weighted by atomic mass is 9.94. The summed E-state index contributed by atoms with van der Waals surface area (Å²) in [6.45, 7) is 1.09. The number of aryl methyl sites for hydroxylation is 4. The van der Waals surface area contributed by atoms with Gasteiger partial charge in [-0.15, -0.1) is 5.10 Å². The highest BCUT2D eigenvalue weighted by Gasteiger charge is 2.42. The summed E-state index contributed by atoms with van der Waals surface area (Å²) in [5, 5.41) is 20.4. The molecule has 54 heavy (non-hydrogen) atoms. The van der Waals surface area contributed by atoms with Crippen molar-refractivity contribution in [1.82, 2.24) is 30.3 Å². The first-order valence-corrected chi connectivity index (χ1v) is 21.6. The molecule has 0 spiro atoms. The van der Waals surface area contributed by atoms with Gasteiger partial charge in [0.15, 0.2) is 0 Å². The van der Waals surface area contributed by atoms with Crippen LogP contribution < -0.4 is 26.0 Å². The van der Waals surface area contributed by atoms with E-state index in [-0.39, 0.29) is 34.7 Å². The van der Waals surface area contributed by atoms with Crippen molar-refractivity contribution < 1.29 is 27.6 Å². The van der Waals surface area contributed by atoms with Crippen molar-refractivity contribution in [2.24, 2.45) is 5.92 Å². The molecule has 7 rings (SSSR count). The molecule has 2 saturated heterocycles. The summed E-state index contributed by atoms with van der Waals surface area (Å²) in [5.74, 6) is 1.32. The molecule has 3 heterocycles. The maximum atomic E-state index is 13.2. The Balaban J connectivity index is 0.795. The standard InChI is InChI=1S/C38H48N8O6S2/c47-34(14-2-1-13-33-31-21-36(49)41-32(31)23-53-33)39-17-6-18-46-22-27(43-45-46)15-16-35(48)40-26-9-5-10-28(20-26)54(51,52)44-38(50)42-37-29-11-3-7-24(29)19-25-8-4-12-30(25)37/h5,9-10,19-20,22,31-33H,1-4,6-8,11-18,21,23H2,(H,39,47)(H,40,48)(H,41,49)(H2,42,44,50)/t31-,32-,33-/m0/s1. The minimum Gasteiger partial charge on any atom is -0.356 e. The molecular weight excluding hydrogens is 729 g/mol. The molecule has 0 unspecified atom stereocenters. The lowest BCUT2D eigenvalue weighted by Crippen LogP contribution is -2.35. The van der Waals surface area contributed by atoms with E-state index in [0.717, 1.165) is 80.4 Å². The number of benzene rings is 2. The number of anilines is 2. The minimum absolute atomic E-state index is 0.0353. The number of carbonyl (C=O) groups is 4. The van der Waals surface area contributed by atoms with E-state index in [0.29, 0.717) is 61.7 Å². The first-order valence-electron chi connectivity index (χ1n) is 19.1. The fourth-order valence-corrected chi connectivity index (χ4v) is 10.8. The quantitative estimate of drug-likeness (QED) is 0.134. The number of amides is 5. The van der Waals surface area contributed by atoms with Crippen LogP contribution in [0, 0.1) is 5.92 Å². The van der Waals surface area contributed by atoms with Crippen LogP contribution in [0.5, 0.6) is 0 Å². The van der Waals surface area contributed by atoms with Crippen LogP contribution in [-0.4, -0.2) is 70.8 Å². The van der Waals surface area contributed by atoms with Gasteiger partial charge in [0.1, 0.15) is 0 Å². The summed E-state index contributed by atoms with van der Waals surface area (Å²) in [7, 11) is -4.21. The number of hydrogen-bond acceptors (Lipinski definition) is 9. The first-order chi connectivity index (χ1) is 26.1. The first kappa shape index (κ1) is 37.9. The second kappa shape index (κ2) is 16.9. The molecule has 3 aromatic rings. The Morgan fingerprint density at radius 3 is 2.54 bits per heavy atom. The van der Waals surface area contributed by atoms with Gasteiger partial charge >= 0.3 is 6.03 Å². The fraction of sp³-hybridized carbons (Fsp3) is 0.526. The summed E-state index contributed by atoms with van der Waals surface area (Å²) in [4.78, 5) is 49.6. The number of rotatable bonds is 16. The van der Waals surface area contributed by atoms with E-state index in [1.807, 2.05) is 11.8 Å². The second-order valence-corrected chi connectivity index (χ2v) is 17.7. The van der Waals surface area contributed by atoms with Crippen LogP contribution in [-0.2, 0) is 63.1 Å². The van der Waals surface area contributed by atoms with Crippen LogP contribution in [0.2, 0.25) is 0 Å². The number of sulfonamides is 1. The van der Waals surface area contributed by atoms with Crippen molar-refractivity contribution in [3.05, 3.63) is 64.5 Å². The molecule has 0 bridgehead atoms. The zero-order valence-electron chi connectivity index (χ0n) is 30.3. The van der Waals surface area contributed by atoms with Gasteiger partial charge < -0.3 is 21.3 Å². The maximum absolute atomic E-state index is 13.2. The summed E-state index contributed by atoms with van der Waals surface area (Å²) >= 11 is 1.94. The van der Waals surface area contributed by atoms with E-state index < -0.39 is 16.1 Å². The molecule has 0 saturated carbocycles. The largest absolute Gasteiger partial charge is 0.356 e. The molecule has 1 aromatic heterocycles. The third kappa shape index (κ3) is 9.25. The predicted molar refractivity (Wildman–Crippen MR) is 206 cm³/mol. The lowest BCUT2D eigenvalue weighted by Gasteiger charge is -2.16. The zero-order valence-corrected chi connectivity index (χ0v) is 32.0. The molecule has 5 N–H and O–H groups in total. The lowest BCUT2D eigenvalue weighted by molar-refractivity contribution is -0.121. The third-order valence-electron chi connectivity index (χ3n) is 10.8. The molecule has 2 aromatic carbocycles. The molecular formula is C38H48N8O6S2. The van der Waals surface area contributed by atoms with Crippen molar-refractivity contribution in [1.29, 1.82) is 0 Å². The van der Waals surface area contributed by atoms with E-state index in [2.05, 4.69) is 42.4 Å². The van der Waals surface area contributed by atoms with Crippen LogP contribution in [0.4, 0.5) is 16.2 Å². The van der Waals surface area contributed by atoms with Gasteiger partial charge in [-0.1, -0.05) is 23.8 Å². The van der Waals surface area contributed by atoms with Crippen molar-refractivity contribution in [2.75, 3.05) is 22.9 Å². The van der Waals surface area contributed by atoms with Gasteiger partial charge in [0.25, 0.3) is 10.0 Å². The monoisotopic (exact) mass is 776 g/mol. The molecule has 14 nitrogen and oxygen atoms in total. The number of nitrogens with zero attached hydrogens (tertiary/aromatic N) is 3. The average molecular weight is 777 g/mol. The molecule has 5 amide bonds. The van der Waals surface area contributed by atoms with E-state index >= 15 is 0 Å². The van der Waals surface area contributed by atoms with E-state index in [1.54, 1.807) is 16.9 Å². The topological polar surface area (TPSA) is 193 Å². The molecule has 16 heteroatoms. The van der Waals surface area contributed by atoms with Crippen LogP contribution in [0.25, 0.3) is 0 Å². The summed E-state index contributed by atoms with van der Waals surface area (Å²) in [6, 6.07) is 7.56. The fourth-order valence-electron chi connectivity index (χ4n) is 8.18. The van der Waals surface area contributed by atoms with Crippen LogP contribution in [0.15, 0.2) is 41.4 Å². The number of aromatic nitrogens is 3. The molecule has 3 atom stereocenters. The van der Waals surface area contributed by atoms with Crippen LogP contribution >= 0.6 is 11.8 Å². The van der Waals surface area contributed by atoms with E-state index in [9.17, 15) is 27.6 Å². The second-order valence-electron chi connectivity index (χ2n) is 14.7. The Hall–Kier alpha value is -4.44. The highest BCUT2D eigenvalue weighted by Crippen LogP contribution is 2.41. The normalized spacial score (nSPS) is 19.9. The Labute approximate surface area is 319 Å². The van der Waals surface area contributed by atoms with Gasteiger partial charge in [-0.25, -0.2) is 17.9 Å². The Bertz CT molecular complexity index is 1990. The number of urea groups is 1. The van der Waals surface area contributed by atoms with Gasteiger partial charge in [0, 0.05) is 79.3 Å². The molecule has 0 radical (unpaired) electrons. The summed E-state index contributed by atoms with van der Waals surface area (Å²) in [5.41, 5.74) is 6.36. The highest BCUT2D eigenvalue weighted by molar-refractivity contribution is 8.00. The Morgan fingerprint density at radius 2 is 1.74 bits per heavy atom. The number of thioether (sulfide) groups is 1. The van der Waals surface area contributed by atoms with Crippen molar-refractivity contribution >= 4 is 56.9 Å². The molecule has 2 aliphatic heterocycles. The Morgan fingerprint density at radius 1 is 0.944 bits per heavy atom. The number of carbonyl (C=O) groups excluding carboxylic acids is 4. The van der Waals surface area contributed by atoms with E-state index in [1.165, 1.54) is 29.3 Å². The number of hydrogen-bond donors (Lipinski definition) is 5. The van der Waals surface area contributed by atoms with Gasteiger partial charge in [0.05, 0.1) is 10.6 Å².